The summed E-state index contributed by atoms with van der Waals surface area (Å²) in [5, 5.41) is 12.5. The lowest BCUT2D eigenvalue weighted by Crippen LogP contribution is -1.69. The van der Waals surface area contributed by atoms with Crippen molar-refractivity contribution in [3.05, 3.63) is 29.8 Å². The fraction of sp³-hybridized carbons (Fsp3) is 0. The van der Waals surface area contributed by atoms with Gasteiger partial charge in [0.25, 0.3) is 1.43 Å². The molecule has 0 aliphatic rings. The first-order valence-corrected chi connectivity index (χ1v) is 2.50. The molecule has 0 aromatic heterocycles. The van der Waals surface area contributed by atoms with E-state index in [4.69, 9.17) is 6.69 Å². The highest BCUT2D eigenvalue weighted by atomic mass is 16.3. The van der Waals surface area contributed by atoms with Crippen LogP contribution in [-0.4, -0.2) is 6.54 Å². The molecular weight excluding hydrogens is 114 g/mol. The van der Waals surface area contributed by atoms with Crippen molar-refractivity contribution < 1.29 is 5.11 Å². The highest BCUT2D eigenvalue weighted by Crippen LogP contribution is 2.07. The first-order chi connectivity index (χ1) is 4.86. The highest BCUT2D eigenvalue weighted by Gasteiger charge is 1.86. The van der Waals surface area contributed by atoms with Gasteiger partial charge in [0.05, 0.1) is 11.6 Å². The van der Waals surface area contributed by atoms with Crippen LogP contribution in [0.1, 0.15) is 5.56 Å². The van der Waals surface area contributed by atoms with Crippen LogP contribution in [0.5, 0.6) is 5.75 Å². The Bertz CT molecular complexity index is 249. The summed E-state index contributed by atoms with van der Waals surface area (Å²) in [6.07, 6.45) is 0. The lowest BCUT2D eigenvalue weighted by molar-refractivity contribution is 0.475. The zero-order valence-corrected chi connectivity index (χ0v) is 4.66. The highest BCUT2D eigenvalue weighted by molar-refractivity contribution is 5.33. The average Bonchev–Trinajstić information content (AvgIpc) is 2.05. The molecule has 2 nitrogen and oxygen atoms in total. The number of nitrogens with zero attached hydrogens (tertiary/aromatic N) is 1. The molecule has 0 bridgehead atoms. The maximum absolute atomic E-state index is 8.36. The fourth-order valence-corrected chi connectivity index (χ4v) is 0.529. The molecule has 0 unspecified atom stereocenters. The average molecular weight is 120 g/mol. The lowest BCUT2D eigenvalue weighted by Gasteiger charge is -1.87. The molecule has 1 aromatic rings. The summed E-state index contributed by atoms with van der Waals surface area (Å²) >= 11 is 0. The number of hydrogen-bond acceptors (Lipinski definition) is 2. The largest absolute Gasteiger partial charge is 0.508 e. The van der Waals surface area contributed by atoms with Gasteiger partial charge >= 0.3 is 0 Å². The monoisotopic (exact) mass is 120 g/mol. The second kappa shape index (κ2) is 2.19. The van der Waals surface area contributed by atoms with E-state index in [1.165, 1.54) is 0 Å². The third-order valence-corrected chi connectivity index (χ3v) is 0.983. The first kappa shape index (κ1) is 4.39. The van der Waals surface area contributed by atoms with Gasteiger partial charge in [0.2, 0.25) is 0 Å². The molecule has 1 aromatic carbocycles. The van der Waals surface area contributed by atoms with E-state index in [1.807, 2.05) is 6.07 Å². The molecule has 1 rings (SSSR count). The van der Waals surface area contributed by atoms with E-state index >= 15 is 0 Å². The van der Waals surface area contributed by atoms with Crippen LogP contribution in [0.4, 0.5) is 0 Å². The first-order valence-electron chi connectivity index (χ1n) is 2.91. The second-order valence-electron chi connectivity index (χ2n) is 1.64. The van der Waals surface area contributed by atoms with Crippen molar-refractivity contribution in [1.29, 1.82) is 6.69 Å². The Morgan fingerprint density at radius 1 is 1.44 bits per heavy atom. The van der Waals surface area contributed by atoms with Crippen LogP contribution < -0.4 is 0 Å². The third-order valence-electron chi connectivity index (χ3n) is 0.983. The van der Waals surface area contributed by atoms with Crippen molar-refractivity contribution in [2.45, 2.75) is 0 Å². The van der Waals surface area contributed by atoms with Crippen molar-refractivity contribution >= 4 is 0 Å². The summed E-state index contributed by atoms with van der Waals surface area (Å²) < 4.78 is 6.49. The van der Waals surface area contributed by atoms with Crippen LogP contribution in [0, 0.1) is 11.3 Å². The SMILES string of the molecule is [2H]Oc1ccc(C#N)cc1. The molecule has 0 heterocycles. The van der Waals surface area contributed by atoms with Crippen molar-refractivity contribution in [2.75, 3.05) is 0 Å². The summed E-state index contributed by atoms with van der Waals surface area (Å²) in [5.74, 6) is 0.444. The molecule has 0 amide bonds. The number of phenols is 1. The lowest BCUT2D eigenvalue weighted by atomic mass is 10.2. The molecule has 0 saturated heterocycles. The molecular formula is C7H5NO. The van der Waals surface area contributed by atoms with Gasteiger partial charge in [0.15, 0.2) is 0 Å². The Labute approximate surface area is 54.5 Å². The molecule has 0 radical (unpaired) electrons. The summed E-state index contributed by atoms with van der Waals surface area (Å²) in [7, 11) is 0. The standard InChI is InChI=1S/C7H5NO/c8-5-6-1-3-7(9)4-2-6/h1-4,9H/i/hD. The second-order valence-corrected chi connectivity index (χ2v) is 1.64. The van der Waals surface area contributed by atoms with Crippen LogP contribution in [0.15, 0.2) is 24.3 Å². The Hall–Kier alpha value is -1.49. The topological polar surface area (TPSA) is 44.0 Å². The number of nitriles is 1. The van der Waals surface area contributed by atoms with E-state index in [9.17, 15) is 0 Å². The van der Waals surface area contributed by atoms with Gasteiger partial charge in [-0.3, -0.25) is 0 Å². The Kier molecular flexibility index (Phi) is 1.07. The Balaban J connectivity index is 2.93. The predicted molar refractivity (Wildman–Crippen MR) is 32.8 cm³/mol. The van der Waals surface area contributed by atoms with Gasteiger partial charge in [0, 0.05) is 0 Å². The zero-order chi connectivity index (χ0) is 7.40. The molecule has 0 atom stereocenters. The van der Waals surface area contributed by atoms with Crippen LogP contribution in [0.25, 0.3) is 0 Å². The van der Waals surface area contributed by atoms with Gasteiger partial charge in [-0.25, -0.2) is 0 Å². The zero-order valence-electron chi connectivity index (χ0n) is 5.66. The number of hydrogen-bond donors (Lipinski definition) is 1. The van der Waals surface area contributed by atoms with Crippen LogP contribution >= 0.6 is 0 Å². The molecule has 0 saturated carbocycles. The number of phenolic OH excluding ortho intramolecular Hbond substituents is 1. The minimum Gasteiger partial charge on any atom is -0.508 e. The molecule has 2 heteroatoms. The maximum atomic E-state index is 8.36. The summed E-state index contributed by atoms with van der Waals surface area (Å²) in [5.41, 5.74) is 0.570. The minimum atomic E-state index is 0.444. The molecule has 0 aliphatic carbocycles. The van der Waals surface area contributed by atoms with E-state index in [2.05, 4.69) is 5.11 Å². The molecule has 0 aliphatic heterocycles. The number of aromatic hydroxyl groups is 1. The smallest absolute Gasteiger partial charge is 0.293 e. The van der Waals surface area contributed by atoms with E-state index in [0.717, 1.165) is 0 Å². The van der Waals surface area contributed by atoms with Crippen LogP contribution in [0.2, 0.25) is 0 Å². The van der Waals surface area contributed by atoms with Crippen LogP contribution in [0.3, 0.4) is 0 Å². The summed E-state index contributed by atoms with van der Waals surface area (Å²) in [6.45, 7) is 0. The fourth-order valence-electron chi connectivity index (χ4n) is 0.529. The quantitative estimate of drug-likeness (QED) is 0.606. The van der Waals surface area contributed by atoms with Crippen molar-refractivity contribution in [1.82, 2.24) is 0 Å². The number of rotatable bonds is 1. The molecule has 9 heavy (non-hydrogen) atoms. The van der Waals surface area contributed by atoms with Gasteiger partial charge in [-0.05, 0) is 24.3 Å². The van der Waals surface area contributed by atoms with Gasteiger partial charge in [-0.2, -0.15) is 5.26 Å². The van der Waals surface area contributed by atoms with Crippen molar-refractivity contribution in [3.8, 4) is 11.8 Å². The molecule has 0 spiro atoms. The summed E-state index contributed by atoms with van der Waals surface area (Å²) in [4.78, 5) is 0. The van der Waals surface area contributed by atoms with E-state index in [1.54, 1.807) is 24.3 Å². The predicted octanol–water partition coefficient (Wildman–Crippen LogP) is 1.26. The molecule has 44 valence electrons. The number of benzene rings is 1. The van der Waals surface area contributed by atoms with Gasteiger partial charge in [-0.15, -0.1) is 0 Å². The van der Waals surface area contributed by atoms with E-state index in [-0.39, 0.29) is 0 Å². The third kappa shape index (κ3) is 1.20. The van der Waals surface area contributed by atoms with Crippen molar-refractivity contribution in [3.63, 3.8) is 0 Å². The van der Waals surface area contributed by atoms with Gasteiger partial charge in [0.1, 0.15) is 5.75 Å². The van der Waals surface area contributed by atoms with E-state index in [0.29, 0.717) is 11.3 Å². The van der Waals surface area contributed by atoms with Crippen LogP contribution in [-0.2, 0) is 0 Å². The maximum Gasteiger partial charge on any atom is 0.293 e. The Morgan fingerprint density at radius 2 is 2.11 bits per heavy atom. The minimum absolute atomic E-state index is 0.444. The molecule has 1 N–H and O–H groups in total. The normalized spacial score (nSPS) is 9.44. The van der Waals surface area contributed by atoms with Gasteiger partial charge in [-0.1, -0.05) is 0 Å². The molecule has 0 fully saturated rings. The summed E-state index contributed by atoms with van der Waals surface area (Å²) in [6, 6.07) is 8.31. The van der Waals surface area contributed by atoms with Crippen molar-refractivity contribution in [2.24, 2.45) is 0 Å². The Morgan fingerprint density at radius 3 is 2.56 bits per heavy atom. The van der Waals surface area contributed by atoms with E-state index < -0.39 is 0 Å². The van der Waals surface area contributed by atoms with Gasteiger partial charge < -0.3 is 5.11 Å².